The molecule has 2 heterocycles. The molecule has 0 spiro atoms. The predicted octanol–water partition coefficient (Wildman–Crippen LogP) is 5.54. The van der Waals surface area contributed by atoms with Gasteiger partial charge in [-0.05, 0) is 65.0 Å². The van der Waals surface area contributed by atoms with Gasteiger partial charge in [-0.25, -0.2) is 14.4 Å². The van der Waals surface area contributed by atoms with Crippen LogP contribution in [0.5, 0.6) is 0 Å². The fraction of sp³-hybridized carbons (Fsp3) is 0.480. The Kier molecular flexibility index (Phi) is 6.47. The number of nitrogens with one attached hydrogen (secondary N) is 1. The van der Waals surface area contributed by atoms with Gasteiger partial charge >= 0.3 is 5.92 Å². The number of hydrogen-bond acceptors (Lipinski definition) is 6. The zero-order chi connectivity index (χ0) is 25.8. The van der Waals surface area contributed by atoms with Crippen LogP contribution in [0.25, 0.3) is 10.9 Å². The molecule has 2 atom stereocenters. The first kappa shape index (κ1) is 25.6. The highest BCUT2D eigenvalue weighted by Gasteiger charge is 2.57. The molecule has 10 heteroatoms. The SMILES string of the molecule is Cc1nc(N[C@H](C)c2cccc(C(F)(F)C(C)(O)C3CCC3)c2F)c2cc(P(C)(C)=O)ncc2n1. The first-order valence-electron chi connectivity index (χ1n) is 11.6. The Labute approximate surface area is 202 Å². The maximum absolute atomic E-state index is 15.5. The number of benzene rings is 1. The van der Waals surface area contributed by atoms with Gasteiger partial charge in [0.05, 0.1) is 23.3 Å². The predicted molar refractivity (Wildman–Crippen MR) is 131 cm³/mol. The number of anilines is 1. The molecular weight excluding hydrogens is 476 g/mol. The highest BCUT2D eigenvalue weighted by atomic mass is 31.2. The molecular formula is C25H30F3N4O2P. The van der Waals surface area contributed by atoms with Crippen molar-refractivity contribution in [2.24, 2.45) is 5.92 Å². The highest BCUT2D eigenvalue weighted by molar-refractivity contribution is 7.69. The zero-order valence-electron chi connectivity index (χ0n) is 20.4. The lowest BCUT2D eigenvalue weighted by Crippen LogP contribution is -2.52. The average molecular weight is 507 g/mol. The second kappa shape index (κ2) is 8.86. The fourth-order valence-corrected chi connectivity index (χ4v) is 5.23. The lowest BCUT2D eigenvalue weighted by molar-refractivity contribution is -0.218. The van der Waals surface area contributed by atoms with E-state index in [9.17, 15) is 9.67 Å². The van der Waals surface area contributed by atoms with E-state index in [1.807, 2.05) is 0 Å². The van der Waals surface area contributed by atoms with E-state index in [0.717, 1.165) is 19.4 Å². The number of nitrogens with zero attached hydrogens (tertiary/aromatic N) is 3. The standard InChI is InChI=1S/C25H30F3N4O2P/c1-14(30-23-18-12-21(35(4,5)34)29-13-20(18)31-15(2)32-23)17-10-7-11-19(22(17)26)25(27,28)24(3,33)16-8-6-9-16/h7,10-14,16,33H,6,8-9H2,1-5H3,(H,30,31,32)/t14-,24?/m1/s1. The third-order valence-corrected chi connectivity index (χ3v) is 8.30. The Hall–Kier alpha value is -2.51. The van der Waals surface area contributed by atoms with E-state index < -0.39 is 42.0 Å². The molecule has 0 saturated heterocycles. The van der Waals surface area contributed by atoms with Gasteiger partial charge in [-0.2, -0.15) is 8.78 Å². The molecule has 0 bridgehead atoms. The molecule has 1 fully saturated rings. The maximum atomic E-state index is 15.5. The van der Waals surface area contributed by atoms with Gasteiger partial charge in [0.15, 0.2) is 0 Å². The lowest BCUT2D eigenvalue weighted by atomic mass is 9.69. The molecule has 1 aromatic carbocycles. The van der Waals surface area contributed by atoms with Crippen molar-refractivity contribution in [1.82, 2.24) is 15.0 Å². The minimum Gasteiger partial charge on any atom is -0.383 e. The number of pyridine rings is 1. The largest absolute Gasteiger partial charge is 0.383 e. The van der Waals surface area contributed by atoms with E-state index in [2.05, 4.69) is 20.3 Å². The van der Waals surface area contributed by atoms with Gasteiger partial charge in [0.1, 0.15) is 35.6 Å². The van der Waals surface area contributed by atoms with Crippen LogP contribution in [0.4, 0.5) is 19.0 Å². The average Bonchev–Trinajstić information content (AvgIpc) is 2.70. The molecule has 6 nitrogen and oxygen atoms in total. The van der Waals surface area contributed by atoms with Gasteiger partial charge < -0.3 is 15.0 Å². The summed E-state index contributed by atoms with van der Waals surface area (Å²) < 4.78 is 58.9. The summed E-state index contributed by atoms with van der Waals surface area (Å²) in [6, 6.07) is 4.72. The Bertz CT molecular complexity index is 1320. The Morgan fingerprint density at radius 1 is 1.23 bits per heavy atom. The Morgan fingerprint density at radius 3 is 2.51 bits per heavy atom. The van der Waals surface area contributed by atoms with Crippen molar-refractivity contribution in [2.75, 3.05) is 18.6 Å². The zero-order valence-corrected chi connectivity index (χ0v) is 21.3. The molecule has 3 aromatic rings. The number of rotatable bonds is 7. The molecule has 0 radical (unpaired) electrons. The third kappa shape index (κ3) is 4.56. The van der Waals surface area contributed by atoms with E-state index >= 15 is 13.2 Å². The van der Waals surface area contributed by atoms with Crippen molar-refractivity contribution in [3.05, 3.63) is 53.2 Å². The summed E-state index contributed by atoms with van der Waals surface area (Å²) in [4.78, 5) is 13.0. The second-order valence-electron chi connectivity index (χ2n) is 9.95. The van der Waals surface area contributed by atoms with Crippen molar-refractivity contribution in [1.29, 1.82) is 0 Å². The van der Waals surface area contributed by atoms with Crippen molar-refractivity contribution in [3.63, 3.8) is 0 Å². The van der Waals surface area contributed by atoms with E-state index in [0.29, 0.717) is 40.8 Å². The summed E-state index contributed by atoms with van der Waals surface area (Å²) in [7, 11) is -2.66. The van der Waals surface area contributed by atoms with Gasteiger partial charge in [0.2, 0.25) is 0 Å². The maximum Gasteiger partial charge on any atom is 0.304 e. The van der Waals surface area contributed by atoms with Crippen molar-refractivity contribution >= 4 is 29.3 Å². The van der Waals surface area contributed by atoms with Crippen molar-refractivity contribution in [2.45, 2.75) is 57.6 Å². The van der Waals surface area contributed by atoms with Crippen LogP contribution in [0, 0.1) is 18.7 Å². The quantitative estimate of drug-likeness (QED) is 0.410. The number of aliphatic hydroxyl groups is 1. The van der Waals surface area contributed by atoms with Gasteiger partial charge in [0, 0.05) is 10.9 Å². The van der Waals surface area contributed by atoms with Gasteiger partial charge in [-0.3, -0.25) is 4.98 Å². The van der Waals surface area contributed by atoms with E-state index in [4.69, 9.17) is 0 Å². The minimum atomic E-state index is -3.76. The Morgan fingerprint density at radius 2 is 1.91 bits per heavy atom. The van der Waals surface area contributed by atoms with E-state index in [1.165, 1.54) is 18.3 Å². The monoisotopic (exact) mass is 506 g/mol. The molecule has 0 aliphatic heterocycles. The molecule has 4 rings (SSSR count). The first-order valence-corrected chi connectivity index (χ1v) is 14.2. The van der Waals surface area contributed by atoms with Crippen LogP contribution in [0.2, 0.25) is 0 Å². The summed E-state index contributed by atoms with van der Waals surface area (Å²) in [5.41, 5.74) is -2.24. The normalized spacial score (nSPS) is 17.6. The molecule has 0 amide bonds. The molecule has 2 N–H and O–H groups in total. The van der Waals surface area contributed by atoms with E-state index in [1.54, 1.807) is 33.2 Å². The third-order valence-electron chi connectivity index (χ3n) is 6.95. The molecule has 1 saturated carbocycles. The minimum absolute atomic E-state index is 0.0157. The summed E-state index contributed by atoms with van der Waals surface area (Å²) in [5, 5.41) is 14.3. The number of halogens is 3. The topological polar surface area (TPSA) is 88.0 Å². The van der Waals surface area contributed by atoms with Crippen LogP contribution in [-0.2, 0) is 10.5 Å². The summed E-state index contributed by atoms with van der Waals surface area (Å²) in [6.07, 6.45) is 3.26. The molecule has 1 unspecified atom stereocenters. The first-order chi connectivity index (χ1) is 16.2. The summed E-state index contributed by atoms with van der Waals surface area (Å²) in [5.74, 6) is -4.62. The second-order valence-corrected chi connectivity index (χ2v) is 13.1. The molecule has 188 valence electrons. The van der Waals surface area contributed by atoms with Crippen molar-refractivity contribution in [3.8, 4) is 0 Å². The lowest BCUT2D eigenvalue weighted by Gasteiger charge is -2.43. The number of aromatic nitrogens is 3. The fourth-order valence-electron chi connectivity index (χ4n) is 4.45. The van der Waals surface area contributed by atoms with Crippen LogP contribution in [0.3, 0.4) is 0 Å². The van der Waals surface area contributed by atoms with Crippen LogP contribution in [0.15, 0.2) is 30.5 Å². The summed E-state index contributed by atoms with van der Waals surface area (Å²) in [6.45, 7) is 7.63. The Balaban J connectivity index is 1.72. The van der Waals surface area contributed by atoms with Crippen molar-refractivity contribution < 1.29 is 22.8 Å². The number of fused-ring (bicyclic) bond motifs is 1. The highest BCUT2D eigenvalue weighted by Crippen LogP contribution is 2.50. The van der Waals surface area contributed by atoms with Crippen LogP contribution in [-0.4, -0.2) is 39.0 Å². The summed E-state index contributed by atoms with van der Waals surface area (Å²) >= 11 is 0. The smallest absolute Gasteiger partial charge is 0.304 e. The van der Waals surface area contributed by atoms with Crippen LogP contribution < -0.4 is 10.8 Å². The van der Waals surface area contributed by atoms with Gasteiger partial charge in [0.25, 0.3) is 0 Å². The van der Waals surface area contributed by atoms with Crippen LogP contribution >= 0.6 is 7.14 Å². The number of alkyl halides is 2. The number of aryl methyl sites for hydroxylation is 1. The molecule has 1 aliphatic rings. The molecule has 35 heavy (non-hydrogen) atoms. The number of hydrogen-bond donors (Lipinski definition) is 2. The molecule has 1 aliphatic carbocycles. The molecule has 2 aromatic heterocycles. The van der Waals surface area contributed by atoms with E-state index in [-0.39, 0.29) is 5.56 Å². The van der Waals surface area contributed by atoms with Gasteiger partial charge in [-0.1, -0.05) is 18.6 Å². The van der Waals surface area contributed by atoms with Gasteiger partial charge in [-0.15, -0.1) is 0 Å². The van der Waals surface area contributed by atoms with Crippen LogP contribution in [0.1, 0.15) is 56.1 Å².